The Morgan fingerprint density at radius 3 is 2.71 bits per heavy atom. The number of ether oxygens (including phenoxy) is 2. The van der Waals surface area contributed by atoms with Gasteiger partial charge in [0.25, 0.3) is 0 Å². The second kappa shape index (κ2) is 11.5. The Morgan fingerprint density at radius 1 is 1.24 bits per heavy atom. The molecule has 4 rings (SSSR count). The lowest BCUT2D eigenvalue weighted by atomic mass is 9.98. The molecule has 2 aliphatic heterocycles. The molecule has 0 unspecified atom stereocenters. The number of carbonyl (C=O) groups excluding carboxylic acids is 3. The van der Waals surface area contributed by atoms with Gasteiger partial charge >= 0.3 is 18.1 Å². The van der Waals surface area contributed by atoms with Gasteiger partial charge in [0.15, 0.2) is 6.04 Å². The van der Waals surface area contributed by atoms with Crippen LogP contribution < -0.4 is 5.32 Å². The molecule has 0 radical (unpaired) electrons. The van der Waals surface area contributed by atoms with Crippen LogP contribution in [0.25, 0.3) is 0 Å². The lowest BCUT2D eigenvalue weighted by molar-refractivity contribution is -0.146. The number of esters is 1. The van der Waals surface area contributed by atoms with E-state index in [1.165, 1.54) is 23.3 Å². The second-order valence-corrected chi connectivity index (χ2v) is 9.68. The number of methoxy groups -OCH3 is 1. The van der Waals surface area contributed by atoms with E-state index in [-0.39, 0.29) is 32.8 Å². The van der Waals surface area contributed by atoms with Gasteiger partial charge in [-0.2, -0.15) is 10.2 Å². The van der Waals surface area contributed by atoms with E-state index in [0.717, 1.165) is 5.56 Å². The highest BCUT2D eigenvalue weighted by Crippen LogP contribution is 2.44. The van der Waals surface area contributed by atoms with Gasteiger partial charge in [0.1, 0.15) is 24.9 Å². The highest BCUT2D eigenvalue weighted by molar-refractivity contribution is 5.87. The molecule has 2 bridgehead atoms. The average molecular weight is 529 g/mol. The highest BCUT2D eigenvalue weighted by Gasteiger charge is 2.53. The second-order valence-electron chi connectivity index (χ2n) is 9.68. The van der Waals surface area contributed by atoms with E-state index >= 15 is 0 Å². The van der Waals surface area contributed by atoms with E-state index in [4.69, 9.17) is 19.1 Å². The molecular weight excluding hydrogens is 496 g/mol. The maximum Gasteiger partial charge on any atom is 0.407 e. The summed E-state index contributed by atoms with van der Waals surface area (Å²) in [6, 6.07) is 7.68. The zero-order valence-corrected chi connectivity index (χ0v) is 21.8. The number of rotatable bonds is 10. The molecule has 204 valence electrons. The van der Waals surface area contributed by atoms with E-state index in [0.29, 0.717) is 11.3 Å². The molecular formula is C25H32N6O7. The maximum absolute atomic E-state index is 13.2. The van der Waals surface area contributed by atoms with Crippen molar-refractivity contribution in [2.45, 2.75) is 51.6 Å². The molecule has 1 N–H and O–H groups in total. The summed E-state index contributed by atoms with van der Waals surface area (Å²) in [5.41, 5.74) is 1.56. The third-order valence-corrected chi connectivity index (χ3v) is 5.83. The van der Waals surface area contributed by atoms with Crippen LogP contribution in [0.3, 0.4) is 0 Å². The number of hydrogen-bond donors (Lipinski definition) is 1. The van der Waals surface area contributed by atoms with Crippen molar-refractivity contribution in [3.05, 3.63) is 53.3 Å². The van der Waals surface area contributed by atoms with Crippen molar-refractivity contribution in [2.75, 3.05) is 26.8 Å². The Labute approximate surface area is 220 Å². The number of amides is 3. The van der Waals surface area contributed by atoms with Gasteiger partial charge in [-0.25, -0.2) is 14.4 Å². The van der Waals surface area contributed by atoms with Gasteiger partial charge in [-0.3, -0.25) is 9.52 Å². The van der Waals surface area contributed by atoms with Gasteiger partial charge in [0, 0.05) is 5.56 Å². The predicted molar refractivity (Wildman–Crippen MR) is 134 cm³/mol. The standard InChI is InChI=1S/C25H32N6O7/c1-25(2,3)38-23(33)26-11-13-36-28-10-12-30-20-18(14-27-30)19-15-29(21(20)22(32)35-4)24(34)31(19)37-16-17-8-6-5-7-9-17/h5-10,14,19,21H,11-13,15-16H2,1-4H3,(H,26,33)/b28-10+/t19-,21+/m1/s1. The number of alkyl carbamates (subject to hydrolysis) is 1. The Hall–Kier alpha value is -4.13. The SMILES string of the molecule is COC(=O)[C@@H]1c2c(cnn2C/C=N/OCCNC(=O)OC(C)(C)C)[C@H]2CN1C(=O)N2OCc1ccccc1. The molecule has 1 aromatic carbocycles. The van der Waals surface area contributed by atoms with E-state index in [9.17, 15) is 14.4 Å². The Bertz CT molecular complexity index is 1180. The summed E-state index contributed by atoms with van der Waals surface area (Å²) >= 11 is 0. The van der Waals surface area contributed by atoms with Crippen molar-refractivity contribution < 1.29 is 33.5 Å². The van der Waals surface area contributed by atoms with Crippen LogP contribution in [-0.2, 0) is 37.1 Å². The molecule has 1 saturated heterocycles. The van der Waals surface area contributed by atoms with E-state index in [2.05, 4.69) is 15.6 Å². The maximum atomic E-state index is 13.2. The first-order chi connectivity index (χ1) is 18.2. The molecule has 3 amide bonds. The first-order valence-corrected chi connectivity index (χ1v) is 12.2. The molecule has 2 aromatic rings. The van der Waals surface area contributed by atoms with Crippen LogP contribution in [0.5, 0.6) is 0 Å². The number of carbonyl (C=O) groups is 3. The summed E-state index contributed by atoms with van der Waals surface area (Å²) < 4.78 is 11.7. The molecule has 13 nitrogen and oxygen atoms in total. The zero-order chi connectivity index (χ0) is 27.3. The van der Waals surface area contributed by atoms with Gasteiger partial charge < -0.3 is 24.5 Å². The summed E-state index contributed by atoms with van der Waals surface area (Å²) in [5, 5.41) is 12.2. The molecule has 2 aliphatic rings. The van der Waals surface area contributed by atoms with E-state index in [1.807, 2.05) is 30.3 Å². The first kappa shape index (κ1) is 26.9. The third-order valence-electron chi connectivity index (χ3n) is 5.83. The molecule has 2 atom stereocenters. The lowest BCUT2D eigenvalue weighted by Crippen LogP contribution is -2.40. The van der Waals surface area contributed by atoms with Gasteiger partial charge in [0.2, 0.25) is 0 Å². The van der Waals surface area contributed by atoms with Crippen molar-refractivity contribution >= 4 is 24.3 Å². The van der Waals surface area contributed by atoms with Crippen molar-refractivity contribution in [3.63, 3.8) is 0 Å². The number of nitrogens with zero attached hydrogens (tertiary/aromatic N) is 5. The van der Waals surface area contributed by atoms with Gasteiger partial charge in [-0.1, -0.05) is 35.5 Å². The minimum Gasteiger partial charge on any atom is -0.467 e. The summed E-state index contributed by atoms with van der Waals surface area (Å²) in [4.78, 5) is 50.1. The van der Waals surface area contributed by atoms with Crippen LogP contribution in [0.15, 0.2) is 41.7 Å². The van der Waals surface area contributed by atoms with Crippen LogP contribution >= 0.6 is 0 Å². The highest BCUT2D eigenvalue weighted by atomic mass is 16.7. The van der Waals surface area contributed by atoms with Gasteiger partial charge in [0.05, 0.1) is 44.8 Å². The van der Waals surface area contributed by atoms with Crippen LogP contribution in [0.4, 0.5) is 9.59 Å². The molecule has 0 spiro atoms. The van der Waals surface area contributed by atoms with Gasteiger partial charge in [-0.05, 0) is 26.3 Å². The van der Waals surface area contributed by atoms with Crippen LogP contribution in [0.2, 0.25) is 0 Å². The average Bonchev–Trinajstić information content (AvgIpc) is 3.42. The topological polar surface area (TPSA) is 137 Å². The number of urea groups is 1. The number of fused-ring (bicyclic) bond motifs is 4. The number of hydroxylamine groups is 2. The van der Waals surface area contributed by atoms with Crippen LogP contribution in [0, 0.1) is 0 Å². The molecule has 0 aliphatic carbocycles. The van der Waals surface area contributed by atoms with Crippen molar-refractivity contribution in [1.82, 2.24) is 25.1 Å². The fraction of sp³-hybridized carbons (Fsp3) is 0.480. The van der Waals surface area contributed by atoms with Crippen LogP contribution in [-0.4, -0.2) is 76.5 Å². The fourth-order valence-corrected chi connectivity index (χ4v) is 4.24. The summed E-state index contributed by atoms with van der Waals surface area (Å²) in [5.74, 6) is -0.578. The Kier molecular flexibility index (Phi) is 8.15. The predicted octanol–water partition coefficient (Wildman–Crippen LogP) is 2.55. The normalized spacial score (nSPS) is 18.5. The van der Waals surface area contributed by atoms with E-state index in [1.54, 1.807) is 31.6 Å². The number of hydrogen-bond acceptors (Lipinski definition) is 9. The third kappa shape index (κ3) is 6.05. The van der Waals surface area contributed by atoms with Crippen molar-refractivity contribution in [2.24, 2.45) is 5.16 Å². The summed E-state index contributed by atoms with van der Waals surface area (Å²) in [7, 11) is 1.28. The monoisotopic (exact) mass is 528 g/mol. The first-order valence-electron chi connectivity index (χ1n) is 12.2. The minimum atomic E-state index is -0.973. The summed E-state index contributed by atoms with van der Waals surface area (Å²) in [6.45, 7) is 6.34. The van der Waals surface area contributed by atoms with Crippen molar-refractivity contribution in [1.29, 1.82) is 0 Å². The molecule has 1 aromatic heterocycles. The number of nitrogens with one attached hydrogen (secondary N) is 1. The molecule has 1 fully saturated rings. The summed E-state index contributed by atoms with van der Waals surface area (Å²) in [6.07, 6.45) is 2.57. The number of aromatic nitrogens is 2. The van der Waals surface area contributed by atoms with Gasteiger partial charge in [-0.15, -0.1) is 0 Å². The quantitative estimate of drug-likeness (QED) is 0.215. The zero-order valence-electron chi connectivity index (χ0n) is 21.8. The molecule has 0 saturated carbocycles. The Morgan fingerprint density at radius 2 is 2.00 bits per heavy atom. The number of oxime groups is 1. The molecule has 38 heavy (non-hydrogen) atoms. The van der Waals surface area contributed by atoms with Crippen LogP contribution in [0.1, 0.15) is 49.7 Å². The lowest BCUT2D eigenvalue weighted by Gasteiger charge is -2.29. The molecule has 13 heteroatoms. The Balaban J connectivity index is 1.40. The van der Waals surface area contributed by atoms with E-state index < -0.39 is 35.8 Å². The largest absolute Gasteiger partial charge is 0.467 e. The number of benzene rings is 1. The minimum absolute atomic E-state index is 0.135. The smallest absolute Gasteiger partial charge is 0.407 e. The fourth-order valence-electron chi connectivity index (χ4n) is 4.24. The molecule has 3 heterocycles. The van der Waals surface area contributed by atoms with Crippen molar-refractivity contribution in [3.8, 4) is 0 Å².